The molecule has 2 aromatic rings. The molecule has 5 rings (SSSR count). The lowest BCUT2D eigenvalue weighted by atomic mass is 9.52. The van der Waals surface area contributed by atoms with E-state index in [1.54, 1.807) is 30.3 Å². The summed E-state index contributed by atoms with van der Waals surface area (Å²) in [6.45, 7) is 0.664. The summed E-state index contributed by atoms with van der Waals surface area (Å²) in [5.41, 5.74) is -4.54. The van der Waals surface area contributed by atoms with Gasteiger partial charge in [-0.3, -0.25) is 4.79 Å². The zero-order chi connectivity index (χ0) is 25.0. The first-order valence-corrected chi connectivity index (χ1v) is 13.0. The zero-order valence-electron chi connectivity index (χ0n) is 19.2. The van der Waals surface area contributed by atoms with Crippen LogP contribution in [0.5, 0.6) is 11.5 Å². The van der Waals surface area contributed by atoms with Crippen LogP contribution in [0.2, 0.25) is 0 Å². The number of hydrogen-bond acceptors (Lipinski definition) is 6. The molecule has 0 unspecified atom stereocenters. The predicted octanol–water partition coefficient (Wildman–Crippen LogP) is 4.36. The standard InChI is InChI=1S/C25H26F3NO5S/c1-29-12-11-24-14-18(30)8-9-19(24)20(29)13-17-7-10-21(33-15-16-5-3-2-4-6-16)23(22(17)24)34-35(31,32)25(26,27)28/h2-7,10,19-20H,8-9,11-15H2,1H3/t19-,20+,24-/m1/s1. The molecular formula is C25H26F3NO5S. The minimum Gasteiger partial charge on any atom is -0.485 e. The lowest BCUT2D eigenvalue weighted by Crippen LogP contribution is -2.61. The number of ketones is 1. The maximum atomic E-state index is 13.4. The second-order valence-electron chi connectivity index (χ2n) is 9.70. The van der Waals surface area contributed by atoms with E-state index in [-0.39, 0.29) is 36.5 Å². The molecule has 3 atom stereocenters. The van der Waals surface area contributed by atoms with Gasteiger partial charge in [0, 0.05) is 29.9 Å². The van der Waals surface area contributed by atoms with E-state index in [9.17, 15) is 26.4 Å². The molecule has 1 aliphatic heterocycles. The van der Waals surface area contributed by atoms with Gasteiger partial charge in [-0.05, 0) is 56.0 Å². The molecule has 10 heteroatoms. The van der Waals surface area contributed by atoms with Crippen LogP contribution in [-0.4, -0.2) is 44.2 Å². The molecule has 0 spiro atoms. The average molecular weight is 510 g/mol. The summed E-state index contributed by atoms with van der Waals surface area (Å²) in [7, 11) is -3.94. The number of carbonyl (C=O) groups excluding carboxylic acids is 1. The van der Waals surface area contributed by atoms with E-state index >= 15 is 0 Å². The Bertz CT molecular complexity index is 1250. The van der Waals surface area contributed by atoms with E-state index in [2.05, 4.69) is 4.90 Å². The van der Waals surface area contributed by atoms with Gasteiger partial charge in [0.15, 0.2) is 11.5 Å². The molecule has 1 heterocycles. The van der Waals surface area contributed by atoms with Gasteiger partial charge in [0.25, 0.3) is 0 Å². The van der Waals surface area contributed by atoms with E-state index in [0.29, 0.717) is 43.4 Å². The molecule has 1 saturated carbocycles. The van der Waals surface area contributed by atoms with E-state index in [4.69, 9.17) is 8.92 Å². The summed E-state index contributed by atoms with van der Waals surface area (Å²) >= 11 is 0. The SMILES string of the molecule is CN1CC[C@@]23CC(=O)CC[C@@H]2[C@@H]1Cc1ccc(OCc2ccccc2)c(OS(=O)(=O)C(F)(F)F)c13. The molecule has 2 aromatic carbocycles. The molecule has 0 radical (unpaired) electrons. The number of rotatable bonds is 5. The quantitative estimate of drug-likeness (QED) is 0.441. The minimum atomic E-state index is -5.96. The van der Waals surface area contributed by atoms with Crippen molar-refractivity contribution in [3.05, 3.63) is 59.2 Å². The number of alkyl halides is 3. The molecule has 6 nitrogen and oxygen atoms in total. The number of Topliss-reactive ketones (excluding diaryl/α,β-unsaturated/α-hetero) is 1. The normalized spacial score (nSPS) is 26.6. The van der Waals surface area contributed by atoms with Gasteiger partial charge in [0.1, 0.15) is 12.4 Å². The number of nitrogens with zero attached hydrogens (tertiary/aromatic N) is 1. The summed E-state index contributed by atoms with van der Waals surface area (Å²) < 4.78 is 75.4. The molecule has 35 heavy (non-hydrogen) atoms. The van der Waals surface area contributed by atoms with Crippen LogP contribution in [0.4, 0.5) is 13.2 Å². The number of halogens is 3. The van der Waals surface area contributed by atoms with Gasteiger partial charge in [-0.25, -0.2) is 0 Å². The third-order valence-electron chi connectivity index (χ3n) is 7.75. The molecule has 2 fully saturated rings. The van der Waals surface area contributed by atoms with Crippen LogP contribution in [0.25, 0.3) is 0 Å². The van der Waals surface area contributed by atoms with Crippen molar-refractivity contribution in [2.45, 2.75) is 55.7 Å². The van der Waals surface area contributed by atoms with Gasteiger partial charge < -0.3 is 13.8 Å². The first-order chi connectivity index (χ1) is 16.5. The van der Waals surface area contributed by atoms with Crippen molar-refractivity contribution in [3.63, 3.8) is 0 Å². The van der Waals surface area contributed by atoms with Crippen LogP contribution in [-0.2, 0) is 33.4 Å². The second-order valence-corrected chi connectivity index (χ2v) is 11.2. The Balaban J connectivity index is 1.67. The fraction of sp³-hybridized carbons (Fsp3) is 0.480. The molecule has 3 aliphatic rings. The van der Waals surface area contributed by atoms with E-state index in [1.165, 1.54) is 6.07 Å². The number of ether oxygens (including phenoxy) is 1. The smallest absolute Gasteiger partial charge is 0.485 e. The second kappa shape index (κ2) is 8.51. The summed E-state index contributed by atoms with van der Waals surface area (Å²) in [4.78, 5) is 14.9. The number of piperidine rings is 1. The van der Waals surface area contributed by atoms with Crippen molar-refractivity contribution in [1.82, 2.24) is 4.90 Å². The third-order valence-corrected chi connectivity index (χ3v) is 8.70. The van der Waals surface area contributed by atoms with Crippen LogP contribution in [0.3, 0.4) is 0 Å². The van der Waals surface area contributed by atoms with Crippen molar-refractivity contribution in [1.29, 1.82) is 0 Å². The monoisotopic (exact) mass is 509 g/mol. The lowest BCUT2D eigenvalue weighted by molar-refractivity contribution is -0.127. The Morgan fingerprint density at radius 1 is 1.14 bits per heavy atom. The highest BCUT2D eigenvalue weighted by Crippen LogP contribution is 2.59. The van der Waals surface area contributed by atoms with Gasteiger partial charge in [-0.15, -0.1) is 0 Å². The number of fused-ring (bicyclic) bond motifs is 1. The Labute approximate surface area is 202 Å². The molecule has 2 bridgehead atoms. The first-order valence-electron chi connectivity index (χ1n) is 11.6. The van der Waals surface area contributed by atoms with Crippen LogP contribution in [0.15, 0.2) is 42.5 Å². The summed E-state index contributed by atoms with van der Waals surface area (Å²) in [6.07, 6.45) is 2.22. The molecule has 0 amide bonds. The number of carbonyl (C=O) groups is 1. The highest BCUT2D eigenvalue weighted by molar-refractivity contribution is 7.88. The van der Waals surface area contributed by atoms with E-state index in [0.717, 1.165) is 5.56 Å². The summed E-state index contributed by atoms with van der Waals surface area (Å²) in [6, 6.07) is 12.4. The van der Waals surface area contributed by atoms with Gasteiger partial charge in [0.2, 0.25) is 0 Å². The van der Waals surface area contributed by atoms with Gasteiger partial charge in [-0.2, -0.15) is 21.6 Å². The highest BCUT2D eigenvalue weighted by atomic mass is 32.2. The highest BCUT2D eigenvalue weighted by Gasteiger charge is 2.58. The summed E-state index contributed by atoms with van der Waals surface area (Å²) in [5, 5.41) is 0. The van der Waals surface area contributed by atoms with Crippen LogP contribution < -0.4 is 8.92 Å². The van der Waals surface area contributed by atoms with E-state index < -0.39 is 26.8 Å². The molecule has 188 valence electrons. The molecule has 0 aromatic heterocycles. The van der Waals surface area contributed by atoms with Crippen molar-refractivity contribution < 1.29 is 35.3 Å². The molecular weight excluding hydrogens is 483 g/mol. The maximum absolute atomic E-state index is 13.4. The van der Waals surface area contributed by atoms with Gasteiger partial charge >= 0.3 is 15.6 Å². The average Bonchev–Trinajstić information content (AvgIpc) is 2.80. The van der Waals surface area contributed by atoms with Crippen LogP contribution >= 0.6 is 0 Å². The number of likely N-dealkylation sites (tertiary alicyclic amines) is 1. The molecule has 0 N–H and O–H groups in total. The number of benzene rings is 2. The van der Waals surface area contributed by atoms with Gasteiger partial charge in [-0.1, -0.05) is 36.4 Å². The fourth-order valence-electron chi connectivity index (χ4n) is 6.18. The Hall–Kier alpha value is -2.59. The Morgan fingerprint density at radius 3 is 2.60 bits per heavy atom. The van der Waals surface area contributed by atoms with Crippen molar-refractivity contribution in [3.8, 4) is 11.5 Å². The maximum Gasteiger partial charge on any atom is 0.534 e. The molecule has 1 saturated heterocycles. The number of hydrogen-bond donors (Lipinski definition) is 0. The Kier molecular flexibility index (Phi) is 5.87. The summed E-state index contributed by atoms with van der Waals surface area (Å²) in [5.74, 6) is -0.480. The van der Waals surface area contributed by atoms with Crippen molar-refractivity contribution in [2.24, 2.45) is 5.92 Å². The number of likely N-dealkylation sites (N-methyl/N-ethyl adjacent to an activating group) is 1. The topological polar surface area (TPSA) is 72.9 Å². The van der Waals surface area contributed by atoms with Crippen LogP contribution in [0.1, 0.15) is 42.4 Å². The van der Waals surface area contributed by atoms with E-state index in [1.807, 2.05) is 13.1 Å². The molecule has 2 aliphatic carbocycles. The fourth-order valence-corrected chi connectivity index (χ4v) is 6.66. The Morgan fingerprint density at radius 2 is 1.89 bits per heavy atom. The zero-order valence-corrected chi connectivity index (χ0v) is 20.0. The largest absolute Gasteiger partial charge is 0.534 e. The first kappa shape index (κ1) is 24.1. The minimum absolute atomic E-state index is 0.00626. The van der Waals surface area contributed by atoms with Crippen molar-refractivity contribution >= 4 is 15.9 Å². The van der Waals surface area contributed by atoms with Crippen molar-refractivity contribution in [2.75, 3.05) is 13.6 Å². The predicted molar refractivity (Wildman–Crippen MR) is 122 cm³/mol. The van der Waals surface area contributed by atoms with Gasteiger partial charge in [0.05, 0.1) is 0 Å². The third kappa shape index (κ3) is 4.10. The van der Waals surface area contributed by atoms with Crippen LogP contribution in [0, 0.1) is 5.92 Å². The lowest BCUT2D eigenvalue weighted by Gasteiger charge is -2.58.